The third-order valence-corrected chi connectivity index (χ3v) is 2.82. The first-order valence-electron chi connectivity index (χ1n) is 4.56. The van der Waals surface area contributed by atoms with Crippen LogP contribution in [0, 0.1) is 6.92 Å². The van der Waals surface area contributed by atoms with Gasteiger partial charge in [0.1, 0.15) is 5.75 Å². The largest absolute Gasteiger partial charge is 0.436 e. The number of ether oxygens (including phenoxy) is 1. The molecule has 0 unspecified atom stereocenters. The smallest absolute Gasteiger partial charge is 0.262 e. The fourth-order valence-electron chi connectivity index (χ4n) is 1.18. The Hall–Kier alpha value is -0.910. The van der Waals surface area contributed by atoms with E-state index in [4.69, 9.17) is 27.9 Å². The number of aryl methyl sites for hydroxylation is 1. The molecule has 0 aliphatic carbocycles. The molecule has 0 N–H and O–H groups in total. The van der Waals surface area contributed by atoms with Crippen LogP contribution in [0.15, 0.2) is 22.7 Å². The van der Waals surface area contributed by atoms with E-state index in [0.29, 0.717) is 5.75 Å². The van der Waals surface area contributed by atoms with E-state index in [2.05, 4.69) is 31.1 Å². The van der Waals surface area contributed by atoms with E-state index in [0.717, 1.165) is 10.0 Å². The fraction of sp³-hybridized carbons (Fsp3) is 0.100. The molecule has 7 heteroatoms. The van der Waals surface area contributed by atoms with Gasteiger partial charge in [-0.3, -0.25) is 0 Å². The van der Waals surface area contributed by atoms with Gasteiger partial charge in [0.15, 0.2) is 0 Å². The van der Waals surface area contributed by atoms with Crippen LogP contribution in [0.2, 0.25) is 10.4 Å². The number of aromatic nitrogens is 3. The zero-order chi connectivity index (χ0) is 12.4. The number of rotatable bonds is 2. The van der Waals surface area contributed by atoms with Crippen molar-refractivity contribution in [2.24, 2.45) is 0 Å². The molecule has 2 rings (SSSR count). The minimum atomic E-state index is -0.0147. The first kappa shape index (κ1) is 12.5. The van der Waals surface area contributed by atoms with Gasteiger partial charge in [-0.1, -0.05) is 27.5 Å². The van der Waals surface area contributed by atoms with Crippen LogP contribution < -0.4 is 4.74 Å². The summed E-state index contributed by atoms with van der Waals surface area (Å²) in [6.45, 7) is 1.91. The molecule has 1 aromatic heterocycles. The SMILES string of the molecule is Cc1cc(Br)ccc1Oc1nc(Cl)nnc1Cl. The summed E-state index contributed by atoms with van der Waals surface area (Å²) in [4.78, 5) is 3.86. The molecule has 0 atom stereocenters. The number of benzene rings is 1. The molecule has 0 saturated heterocycles. The number of hydrogen-bond acceptors (Lipinski definition) is 4. The normalized spacial score (nSPS) is 10.4. The summed E-state index contributed by atoms with van der Waals surface area (Å²) in [5.41, 5.74) is 0.935. The predicted octanol–water partition coefficient (Wildman–Crippen LogP) is 4.04. The van der Waals surface area contributed by atoms with Crippen molar-refractivity contribution in [3.8, 4) is 11.6 Å². The quantitative estimate of drug-likeness (QED) is 0.831. The molecule has 17 heavy (non-hydrogen) atoms. The van der Waals surface area contributed by atoms with Crippen molar-refractivity contribution in [3.05, 3.63) is 38.7 Å². The Morgan fingerprint density at radius 1 is 1.24 bits per heavy atom. The average Bonchev–Trinajstić information content (AvgIpc) is 2.27. The van der Waals surface area contributed by atoms with Gasteiger partial charge in [0.25, 0.3) is 5.88 Å². The summed E-state index contributed by atoms with van der Waals surface area (Å²) in [7, 11) is 0. The van der Waals surface area contributed by atoms with Gasteiger partial charge >= 0.3 is 0 Å². The van der Waals surface area contributed by atoms with E-state index >= 15 is 0 Å². The van der Waals surface area contributed by atoms with Crippen LogP contribution >= 0.6 is 39.1 Å². The van der Waals surface area contributed by atoms with E-state index in [-0.39, 0.29) is 16.3 Å². The first-order valence-corrected chi connectivity index (χ1v) is 6.11. The lowest BCUT2D eigenvalue weighted by molar-refractivity contribution is 0.454. The van der Waals surface area contributed by atoms with Crippen LogP contribution in [-0.4, -0.2) is 15.2 Å². The Morgan fingerprint density at radius 2 is 2.00 bits per heavy atom. The average molecular weight is 335 g/mol. The second-order valence-electron chi connectivity index (χ2n) is 3.19. The van der Waals surface area contributed by atoms with E-state index in [9.17, 15) is 0 Å². The molecule has 0 bridgehead atoms. The summed E-state index contributed by atoms with van der Waals surface area (Å²) in [6.07, 6.45) is 0. The van der Waals surface area contributed by atoms with Crippen molar-refractivity contribution in [3.63, 3.8) is 0 Å². The molecule has 0 fully saturated rings. The second-order valence-corrected chi connectivity index (χ2v) is 4.80. The molecule has 0 spiro atoms. The number of hydrogen-bond donors (Lipinski definition) is 0. The van der Waals surface area contributed by atoms with Gasteiger partial charge in [0.2, 0.25) is 10.4 Å². The summed E-state index contributed by atoms with van der Waals surface area (Å²) < 4.78 is 6.49. The van der Waals surface area contributed by atoms with Crippen LogP contribution in [0.3, 0.4) is 0 Å². The highest BCUT2D eigenvalue weighted by atomic mass is 79.9. The molecule has 1 heterocycles. The van der Waals surface area contributed by atoms with Gasteiger partial charge in [-0.25, -0.2) is 0 Å². The minimum Gasteiger partial charge on any atom is -0.436 e. The number of halogens is 3. The van der Waals surface area contributed by atoms with Crippen LogP contribution in [0.25, 0.3) is 0 Å². The van der Waals surface area contributed by atoms with E-state index in [1.165, 1.54) is 0 Å². The highest BCUT2D eigenvalue weighted by Crippen LogP contribution is 2.29. The summed E-state index contributed by atoms with van der Waals surface area (Å²) in [6, 6.07) is 5.57. The topological polar surface area (TPSA) is 47.9 Å². The molecule has 1 aromatic carbocycles. The Balaban J connectivity index is 2.34. The molecule has 0 aliphatic heterocycles. The second kappa shape index (κ2) is 5.16. The molecular formula is C10H6BrCl2N3O. The Morgan fingerprint density at radius 3 is 2.71 bits per heavy atom. The molecule has 0 radical (unpaired) electrons. The van der Waals surface area contributed by atoms with E-state index < -0.39 is 0 Å². The summed E-state index contributed by atoms with van der Waals surface area (Å²) in [5, 5.41) is 7.16. The predicted molar refractivity (Wildman–Crippen MR) is 68.8 cm³/mol. The van der Waals surface area contributed by atoms with Crippen molar-refractivity contribution < 1.29 is 4.74 Å². The van der Waals surface area contributed by atoms with Gasteiger partial charge in [-0.2, -0.15) is 4.98 Å². The highest BCUT2D eigenvalue weighted by Gasteiger charge is 2.10. The third-order valence-electron chi connectivity index (χ3n) is 1.93. The van der Waals surface area contributed by atoms with Crippen molar-refractivity contribution in [1.82, 2.24) is 15.2 Å². The minimum absolute atomic E-state index is 0.0147. The fourth-order valence-corrected chi connectivity index (χ4v) is 1.89. The Kier molecular flexibility index (Phi) is 3.81. The molecule has 0 amide bonds. The van der Waals surface area contributed by atoms with Gasteiger partial charge < -0.3 is 4.74 Å². The van der Waals surface area contributed by atoms with E-state index in [1.54, 1.807) is 6.07 Å². The highest BCUT2D eigenvalue weighted by molar-refractivity contribution is 9.10. The number of nitrogens with zero attached hydrogens (tertiary/aromatic N) is 3. The molecule has 88 valence electrons. The zero-order valence-electron chi connectivity index (χ0n) is 8.62. The van der Waals surface area contributed by atoms with Crippen molar-refractivity contribution in [2.75, 3.05) is 0 Å². The van der Waals surface area contributed by atoms with Gasteiger partial charge in [-0.05, 0) is 42.3 Å². The molecule has 0 aliphatic rings. The summed E-state index contributed by atoms with van der Waals surface area (Å²) >= 11 is 14.8. The lowest BCUT2D eigenvalue weighted by Gasteiger charge is -2.08. The monoisotopic (exact) mass is 333 g/mol. The van der Waals surface area contributed by atoms with E-state index in [1.807, 2.05) is 19.1 Å². The lowest BCUT2D eigenvalue weighted by atomic mass is 10.2. The van der Waals surface area contributed by atoms with Crippen LogP contribution in [0.5, 0.6) is 11.6 Å². The molecular weight excluding hydrogens is 329 g/mol. The van der Waals surface area contributed by atoms with Crippen molar-refractivity contribution >= 4 is 39.1 Å². The van der Waals surface area contributed by atoms with Crippen molar-refractivity contribution in [1.29, 1.82) is 0 Å². The molecule has 4 nitrogen and oxygen atoms in total. The van der Waals surface area contributed by atoms with Crippen LogP contribution in [0.4, 0.5) is 0 Å². The molecule has 0 saturated carbocycles. The third kappa shape index (κ3) is 3.06. The maximum absolute atomic E-state index is 5.80. The van der Waals surface area contributed by atoms with Gasteiger partial charge in [0, 0.05) is 4.47 Å². The maximum Gasteiger partial charge on any atom is 0.262 e. The van der Waals surface area contributed by atoms with Crippen LogP contribution in [-0.2, 0) is 0 Å². The maximum atomic E-state index is 5.80. The van der Waals surface area contributed by atoms with Gasteiger partial charge in [0.05, 0.1) is 0 Å². The lowest BCUT2D eigenvalue weighted by Crippen LogP contribution is -1.95. The zero-order valence-corrected chi connectivity index (χ0v) is 11.7. The Labute approximate surface area is 116 Å². The van der Waals surface area contributed by atoms with Crippen LogP contribution in [0.1, 0.15) is 5.56 Å². The molecule has 2 aromatic rings. The Bertz CT molecular complexity index is 565. The summed E-state index contributed by atoms with van der Waals surface area (Å²) in [5.74, 6) is 0.767. The first-order chi connectivity index (χ1) is 8.06. The standard InChI is InChI=1S/C10H6BrCl2N3O/c1-5-4-6(11)2-3-7(5)17-9-8(12)15-16-10(13)14-9/h2-4H,1H3. The van der Waals surface area contributed by atoms with Gasteiger partial charge in [-0.15, -0.1) is 10.2 Å². The van der Waals surface area contributed by atoms with Crippen molar-refractivity contribution in [2.45, 2.75) is 6.92 Å².